The summed E-state index contributed by atoms with van der Waals surface area (Å²) < 4.78 is 5.44. The summed E-state index contributed by atoms with van der Waals surface area (Å²) in [4.78, 5) is 24.7. The van der Waals surface area contributed by atoms with Crippen LogP contribution < -0.4 is 15.4 Å². The zero-order valence-corrected chi connectivity index (χ0v) is 16.1. The van der Waals surface area contributed by atoms with Crippen LogP contribution in [0.1, 0.15) is 15.2 Å². The smallest absolute Gasteiger partial charge is 0.265 e. The minimum Gasteiger partial charge on any atom is -0.484 e. The Labute approximate surface area is 165 Å². The minimum absolute atomic E-state index is 0.114. The highest BCUT2D eigenvalue weighted by atomic mass is 35.5. The average molecular weight is 401 g/mol. The van der Waals surface area contributed by atoms with E-state index in [4.69, 9.17) is 16.3 Å². The molecule has 1 aromatic heterocycles. The molecule has 27 heavy (non-hydrogen) atoms. The molecule has 0 aliphatic rings. The van der Waals surface area contributed by atoms with Crippen LogP contribution in [-0.2, 0) is 4.79 Å². The zero-order chi connectivity index (χ0) is 19.2. The number of carbonyl (C=O) groups excluding carboxylic acids is 2. The molecule has 0 saturated heterocycles. The van der Waals surface area contributed by atoms with Gasteiger partial charge >= 0.3 is 0 Å². The molecule has 0 saturated carbocycles. The van der Waals surface area contributed by atoms with Gasteiger partial charge < -0.3 is 15.4 Å². The number of thiophene rings is 1. The van der Waals surface area contributed by atoms with Crippen LogP contribution in [0.3, 0.4) is 0 Å². The summed E-state index contributed by atoms with van der Waals surface area (Å²) in [5, 5.41) is 7.62. The molecule has 7 heteroatoms. The van der Waals surface area contributed by atoms with Gasteiger partial charge in [0.1, 0.15) is 5.75 Å². The number of anilines is 2. The minimum atomic E-state index is -0.304. The number of aryl methyl sites for hydroxylation is 1. The molecule has 0 fully saturated rings. The van der Waals surface area contributed by atoms with Crippen molar-refractivity contribution in [3.8, 4) is 5.75 Å². The van der Waals surface area contributed by atoms with Crippen LogP contribution >= 0.6 is 22.9 Å². The van der Waals surface area contributed by atoms with Crippen molar-refractivity contribution in [3.63, 3.8) is 0 Å². The van der Waals surface area contributed by atoms with E-state index in [-0.39, 0.29) is 18.4 Å². The first-order chi connectivity index (χ1) is 13.0. The van der Waals surface area contributed by atoms with Crippen LogP contribution in [-0.4, -0.2) is 18.4 Å². The molecule has 0 unspecified atom stereocenters. The van der Waals surface area contributed by atoms with Gasteiger partial charge in [0, 0.05) is 5.69 Å². The topological polar surface area (TPSA) is 67.4 Å². The standard InChI is InChI=1S/C20H17ClN2O3S/c1-13-4-7-15(8-5-13)26-12-19(24)22-14-6-9-17(16(21)11-14)23-20(25)18-3-2-10-27-18/h2-11H,12H2,1H3,(H,22,24)(H,23,25). The number of hydrogen-bond acceptors (Lipinski definition) is 4. The number of hydrogen-bond donors (Lipinski definition) is 2. The maximum atomic E-state index is 12.1. The van der Waals surface area contributed by atoms with E-state index in [1.807, 2.05) is 36.6 Å². The molecule has 0 spiro atoms. The Balaban J connectivity index is 1.55. The summed E-state index contributed by atoms with van der Waals surface area (Å²) in [5.74, 6) is 0.0950. The van der Waals surface area contributed by atoms with E-state index >= 15 is 0 Å². The first kappa shape index (κ1) is 18.9. The Kier molecular flexibility index (Phi) is 6.11. The largest absolute Gasteiger partial charge is 0.484 e. The molecule has 3 rings (SSSR count). The Morgan fingerprint density at radius 1 is 1.07 bits per heavy atom. The molecule has 2 amide bonds. The molecule has 5 nitrogen and oxygen atoms in total. The molecule has 0 bridgehead atoms. The van der Waals surface area contributed by atoms with Gasteiger partial charge in [0.2, 0.25) is 0 Å². The Morgan fingerprint density at radius 3 is 2.52 bits per heavy atom. The highest BCUT2D eigenvalue weighted by Crippen LogP contribution is 2.26. The van der Waals surface area contributed by atoms with E-state index in [0.717, 1.165) is 5.56 Å². The average Bonchev–Trinajstić information content (AvgIpc) is 3.18. The fourth-order valence-corrected chi connectivity index (χ4v) is 3.11. The van der Waals surface area contributed by atoms with Crippen molar-refractivity contribution in [2.45, 2.75) is 6.92 Å². The number of halogens is 1. The highest BCUT2D eigenvalue weighted by molar-refractivity contribution is 7.12. The predicted octanol–water partition coefficient (Wildman–Crippen LogP) is 4.98. The SMILES string of the molecule is Cc1ccc(OCC(=O)Nc2ccc(NC(=O)c3cccs3)c(Cl)c2)cc1. The molecular formula is C20H17ClN2O3S. The van der Waals surface area contributed by atoms with Gasteiger partial charge in [0.05, 0.1) is 15.6 Å². The number of rotatable bonds is 6. The van der Waals surface area contributed by atoms with Crippen LogP contribution in [0.2, 0.25) is 5.02 Å². The fourth-order valence-electron chi connectivity index (χ4n) is 2.27. The normalized spacial score (nSPS) is 10.3. The summed E-state index contributed by atoms with van der Waals surface area (Å²) in [6.45, 7) is 1.87. The van der Waals surface area contributed by atoms with Crippen molar-refractivity contribution in [1.82, 2.24) is 0 Å². The monoisotopic (exact) mass is 400 g/mol. The molecule has 1 heterocycles. The van der Waals surface area contributed by atoms with Gasteiger partial charge in [-0.2, -0.15) is 0 Å². The predicted molar refractivity (Wildman–Crippen MR) is 109 cm³/mol. The summed E-state index contributed by atoms with van der Waals surface area (Å²) in [6, 6.07) is 15.9. The highest BCUT2D eigenvalue weighted by Gasteiger charge is 2.11. The van der Waals surface area contributed by atoms with Gasteiger partial charge in [-0.25, -0.2) is 0 Å². The van der Waals surface area contributed by atoms with Crippen molar-refractivity contribution >= 4 is 46.1 Å². The van der Waals surface area contributed by atoms with Gasteiger partial charge in [-0.05, 0) is 48.7 Å². The second-order valence-electron chi connectivity index (χ2n) is 5.78. The number of nitrogens with one attached hydrogen (secondary N) is 2. The van der Waals surface area contributed by atoms with Gasteiger partial charge in [-0.3, -0.25) is 9.59 Å². The van der Waals surface area contributed by atoms with Crippen molar-refractivity contribution in [2.24, 2.45) is 0 Å². The molecule has 3 aromatic rings. The van der Waals surface area contributed by atoms with Gasteiger partial charge in [-0.1, -0.05) is 35.4 Å². The fraction of sp³-hybridized carbons (Fsp3) is 0.100. The summed E-state index contributed by atoms with van der Waals surface area (Å²) in [6.07, 6.45) is 0. The molecule has 2 N–H and O–H groups in total. The Bertz CT molecular complexity index is 940. The van der Waals surface area contributed by atoms with E-state index in [9.17, 15) is 9.59 Å². The van der Waals surface area contributed by atoms with Crippen LogP contribution in [0.4, 0.5) is 11.4 Å². The van der Waals surface area contributed by atoms with Crippen LogP contribution in [0.5, 0.6) is 5.75 Å². The molecule has 0 aliphatic heterocycles. The number of amides is 2. The van der Waals surface area contributed by atoms with E-state index in [1.54, 1.807) is 30.3 Å². The first-order valence-corrected chi connectivity index (χ1v) is 9.41. The Hall–Kier alpha value is -2.83. The van der Waals surface area contributed by atoms with Crippen molar-refractivity contribution < 1.29 is 14.3 Å². The molecule has 0 radical (unpaired) electrons. The number of ether oxygens (including phenoxy) is 1. The maximum absolute atomic E-state index is 12.1. The summed E-state index contributed by atoms with van der Waals surface area (Å²) in [7, 11) is 0. The van der Waals surface area contributed by atoms with Gasteiger partial charge in [0.25, 0.3) is 11.8 Å². The third-order valence-corrected chi connectivity index (χ3v) is 4.82. The van der Waals surface area contributed by atoms with Crippen LogP contribution in [0.15, 0.2) is 60.0 Å². The third-order valence-electron chi connectivity index (χ3n) is 3.64. The summed E-state index contributed by atoms with van der Waals surface area (Å²) in [5.41, 5.74) is 2.11. The lowest BCUT2D eigenvalue weighted by atomic mass is 10.2. The Morgan fingerprint density at radius 2 is 1.85 bits per heavy atom. The van der Waals surface area contributed by atoms with Gasteiger partial charge in [0.15, 0.2) is 6.61 Å². The van der Waals surface area contributed by atoms with E-state index < -0.39 is 0 Å². The van der Waals surface area contributed by atoms with Crippen LogP contribution in [0.25, 0.3) is 0 Å². The quantitative estimate of drug-likeness (QED) is 0.613. The van der Waals surface area contributed by atoms with Gasteiger partial charge in [-0.15, -0.1) is 11.3 Å². The molecular weight excluding hydrogens is 384 g/mol. The van der Waals surface area contributed by atoms with Crippen molar-refractivity contribution in [3.05, 3.63) is 75.4 Å². The van der Waals surface area contributed by atoms with E-state index in [0.29, 0.717) is 27.0 Å². The molecule has 2 aromatic carbocycles. The van der Waals surface area contributed by atoms with Crippen molar-refractivity contribution in [1.29, 1.82) is 0 Å². The van der Waals surface area contributed by atoms with E-state index in [2.05, 4.69) is 10.6 Å². The second-order valence-corrected chi connectivity index (χ2v) is 7.13. The van der Waals surface area contributed by atoms with Crippen molar-refractivity contribution in [2.75, 3.05) is 17.2 Å². The maximum Gasteiger partial charge on any atom is 0.265 e. The lowest BCUT2D eigenvalue weighted by Crippen LogP contribution is -2.20. The molecule has 0 aliphatic carbocycles. The number of carbonyl (C=O) groups is 2. The van der Waals surface area contributed by atoms with E-state index in [1.165, 1.54) is 11.3 Å². The molecule has 138 valence electrons. The first-order valence-electron chi connectivity index (χ1n) is 8.15. The lowest BCUT2D eigenvalue weighted by Gasteiger charge is -2.10. The third kappa shape index (κ3) is 5.32. The lowest BCUT2D eigenvalue weighted by molar-refractivity contribution is -0.118. The zero-order valence-electron chi connectivity index (χ0n) is 14.5. The molecule has 0 atom stereocenters. The second kappa shape index (κ2) is 8.70. The number of benzene rings is 2. The summed E-state index contributed by atoms with van der Waals surface area (Å²) >= 11 is 7.56. The van der Waals surface area contributed by atoms with Crippen LogP contribution in [0, 0.1) is 6.92 Å².